The minimum absolute atomic E-state index is 0.0924. The summed E-state index contributed by atoms with van der Waals surface area (Å²) in [5.74, 6) is 0. The van der Waals surface area contributed by atoms with Gasteiger partial charge >= 0.3 is 0 Å². The second kappa shape index (κ2) is 6.87. The molecule has 1 aromatic carbocycles. The monoisotopic (exact) mass is 382 g/mol. The fraction of sp³-hybridized carbons (Fsp3) is 0.0909. The molecule has 0 spiro atoms. The molecule has 0 unspecified atom stereocenters. The molecule has 142 valence electrons. The zero-order valence-corrected chi connectivity index (χ0v) is 15.8. The lowest BCUT2D eigenvalue weighted by atomic mass is 10.2. The highest BCUT2D eigenvalue weighted by Crippen LogP contribution is 2.19. The fourth-order valence-corrected chi connectivity index (χ4v) is 3.30. The smallest absolute Gasteiger partial charge is 0.258 e. The SMILES string of the molecule is Cc1ccc2nc(Cn3cc(-c4cnn(-c5ccccc5)c4)cn3)cc(=O)n2c1. The highest BCUT2D eigenvalue weighted by molar-refractivity contribution is 5.60. The summed E-state index contributed by atoms with van der Waals surface area (Å²) < 4.78 is 5.17. The molecular formula is C22H18N6O. The van der Waals surface area contributed by atoms with Gasteiger partial charge in [-0.3, -0.25) is 13.9 Å². The van der Waals surface area contributed by atoms with Gasteiger partial charge in [-0.15, -0.1) is 0 Å². The van der Waals surface area contributed by atoms with Gasteiger partial charge in [0.2, 0.25) is 0 Å². The molecule has 29 heavy (non-hydrogen) atoms. The Labute approximate surface area is 166 Å². The van der Waals surface area contributed by atoms with Crippen LogP contribution in [0.3, 0.4) is 0 Å². The molecule has 0 atom stereocenters. The van der Waals surface area contributed by atoms with E-state index in [1.165, 1.54) is 0 Å². The van der Waals surface area contributed by atoms with Gasteiger partial charge in [0, 0.05) is 35.8 Å². The Hall–Kier alpha value is -4.00. The van der Waals surface area contributed by atoms with Crippen molar-refractivity contribution in [1.82, 2.24) is 28.9 Å². The molecule has 4 heterocycles. The molecule has 0 N–H and O–H groups in total. The number of rotatable bonds is 4. The van der Waals surface area contributed by atoms with E-state index in [0.29, 0.717) is 17.9 Å². The van der Waals surface area contributed by atoms with Crippen LogP contribution in [-0.4, -0.2) is 28.9 Å². The topological polar surface area (TPSA) is 70.0 Å². The quantitative estimate of drug-likeness (QED) is 0.479. The molecule has 0 aliphatic heterocycles. The maximum atomic E-state index is 12.4. The average molecular weight is 382 g/mol. The largest absolute Gasteiger partial charge is 0.269 e. The van der Waals surface area contributed by atoms with Crippen molar-refractivity contribution in [3.63, 3.8) is 0 Å². The van der Waals surface area contributed by atoms with E-state index < -0.39 is 0 Å². The second-order valence-electron chi connectivity index (χ2n) is 6.96. The van der Waals surface area contributed by atoms with Gasteiger partial charge in [0.1, 0.15) is 5.65 Å². The average Bonchev–Trinajstić information content (AvgIpc) is 3.39. The van der Waals surface area contributed by atoms with Gasteiger partial charge in [0.05, 0.1) is 30.3 Å². The van der Waals surface area contributed by atoms with Crippen LogP contribution in [-0.2, 0) is 6.54 Å². The first-order chi connectivity index (χ1) is 14.2. The van der Waals surface area contributed by atoms with E-state index in [4.69, 9.17) is 0 Å². The lowest BCUT2D eigenvalue weighted by molar-refractivity contribution is 0.671. The van der Waals surface area contributed by atoms with Crippen molar-refractivity contribution < 1.29 is 0 Å². The summed E-state index contributed by atoms with van der Waals surface area (Å²) in [5.41, 5.74) is 5.17. The van der Waals surface area contributed by atoms with Crippen LogP contribution in [0.4, 0.5) is 0 Å². The van der Waals surface area contributed by atoms with Gasteiger partial charge in [-0.05, 0) is 30.7 Å². The molecule has 5 aromatic rings. The number of pyridine rings is 1. The maximum absolute atomic E-state index is 12.4. The van der Waals surface area contributed by atoms with Gasteiger partial charge in [0.15, 0.2) is 0 Å². The zero-order valence-electron chi connectivity index (χ0n) is 15.8. The van der Waals surface area contributed by atoms with Crippen molar-refractivity contribution >= 4 is 5.65 Å². The third-order valence-electron chi connectivity index (χ3n) is 4.75. The van der Waals surface area contributed by atoms with Gasteiger partial charge < -0.3 is 0 Å². The molecule has 0 aliphatic carbocycles. The summed E-state index contributed by atoms with van der Waals surface area (Å²) in [5, 5.41) is 8.86. The number of nitrogens with zero attached hydrogens (tertiary/aromatic N) is 6. The second-order valence-corrected chi connectivity index (χ2v) is 6.96. The van der Waals surface area contributed by atoms with Gasteiger partial charge in [-0.25, -0.2) is 9.67 Å². The van der Waals surface area contributed by atoms with Crippen molar-refractivity contribution in [2.75, 3.05) is 0 Å². The molecule has 0 saturated carbocycles. The number of hydrogen-bond acceptors (Lipinski definition) is 4. The summed E-state index contributed by atoms with van der Waals surface area (Å²) in [6.07, 6.45) is 9.32. The summed E-state index contributed by atoms with van der Waals surface area (Å²) in [6, 6.07) is 15.3. The van der Waals surface area contributed by atoms with Gasteiger partial charge in [-0.1, -0.05) is 24.3 Å². The number of aryl methyl sites for hydroxylation is 1. The first-order valence-corrected chi connectivity index (χ1v) is 9.28. The Bertz CT molecular complexity index is 1360. The molecule has 0 amide bonds. The molecule has 0 aliphatic rings. The third kappa shape index (κ3) is 3.34. The van der Waals surface area contributed by atoms with Crippen LogP contribution >= 0.6 is 0 Å². The molecule has 4 aromatic heterocycles. The Balaban J connectivity index is 1.41. The van der Waals surface area contributed by atoms with Crippen LogP contribution in [0.5, 0.6) is 0 Å². The zero-order chi connectivity index (χ0) is 19.8. The van der Waals surface area contributed by atoms with E-state index in [-0.39, 0.29) is 5.56 Å². The number of hydrogen-bond donors (Lipinski definition) is 0. The molecule has 7 heteroatoms. The molecular weight excluding hydrogens is 364 g/mol. The Morgan fingerprint density at radius 1 is 0.897 bits per heavy atom. The van der Waals surface area contributed by atoms with E-state index in [9.17, 15) is 4.79 Å². The van der Waals surface area contributed by atoms with E-state index in [1.54, 1.807) is 27.5 Å². The predicted molar refractivity (Wildman–Crippen MR) is 110 cm³/mol. The normalized spacial score (nSPS) is 11.2. The summed E-state index contributed by atoms with van der Waals surface area (Å²) >= 11 is 0. The van der Waals surface area contributed by atoms with Crippen LogP contribution in [0.1, 0.15) is 11.3 Å². The van der Waals surface area contributed by atoms with Crippen molar-refractivity contribution in [1.29, 1.82) is 0 Å². The van der Waals surface area contributed by atoms with E-state index in [0.717, 1.165) is 22.4 Å². The van der Waals surface area contributed by atoms with Gasteiger partial charge in [-0.2, -0.15) is 10.2 Å². The molecule has 0 fully saturated rings. The highest BCUT2D eigenvalue weighted by Gasteiger charge is 2.08. The standard InChI is InChI=1S/C22H18N6O/c1-16-7-8-21-25-19(9-22(29)27(21)12-16)15-26-13-17(10-23-26)18-11-24-28(14-18)20-5-3-2-4-6-20/h2-14H,15H2,1H3. The summed E-state index contributed by atoms with van der Waals surface area (Å²) in [4.78, 5) is 17.0. The van der Waals surface area contributed by atoms with Crippen LogP contribution in [0.15, 0.2) is 84.3 Å². The Morgan fingerprint density at radius 2 is 1.69 bits per heavy atom. The van der Waals surface area contributed by atoms with Crippen LogP contribution in [0.2, 0.25) is 0 Å². The lowest BCUT2D eigenvalue weighted by Crippen LogP contribution is -2.17. The number of benzene rings is 1. The fourth-order valence-electron chi connectivity index (χ4n) is 3.30. The minimum Gasteiger partial charge on any atom is -0.269 e. The molecule has 0 bridgehead atoms. The number of para-hydroxylation sites is 1. The van der Waals surface area contributed by atoms with Crippen molar-refractivity contribution in [2.45, 2.75) is 13.5 Å². The Kier molecular flexibility index (Phi) is 4.05. The molecule has 0 saturated heterocycles. The van der Waals surface area contributed by atoms with Crippen LogP contribution in [0.25, 0.3) is 22.5 Å². The van der Waals surface area contributed by atoms with E-state index in [1.807, 2.05) is 72.7 Å². The predicted octanol–water partition coefficient (Wildman–Crippen LogP) is 3.10. The molecule has 7 nitrogen and oxygen atoms in total. The first-order valence-electron chi connectivity index (χ1n) is 9.28. The van der Waals surface area contributed by atoms with Gasteiger partial charge in [0.25, 0.3) is 5.56 Å². The number of aromatic nitrogens is 6. The van der Waals surface area contributed by atoms with E-state index in [2.05, 4.69) is 15.2 Å². The van der Waals surface area contributed by atoms with E-state index >= 15 is 0 Å². The minimum atomic E-state index is -0.0924. The Morgan fingerprint density at radius 3 is 2.55 bits per heavy atom. The first kappa shape index (κ1) is 17.1. The van der Waals surface area contributed by atoms with Crippen molar-refractivity contribution in [2.24, 2.45) is 0 Å². The maximum Gasteiger partial charge on any atom is 0.258 e. The highest BCUT2D eigenvalue weighted by atomic mass is 16.1. The lowest BCUT2D eigenvalue weighted by Gasteiger charge is -2.05. The summed E-state index contributed by atoms with van der Waals surface area (Å²) in [6.45, 7) is 2.37. The third-order valence-corrected chi connectivity index (χ3v) is 4.75. The summed E-state index contributed by atoms with van der Waals surface area (Å²) in [7, 11) is 0. The van der Waals surface area contributed by atoms with Crippen LogP contribution < -0.4 is 5.56 Å². The molecule has 5 rings (SSSR count). The molecule has 0 radical (unpaired) electrons. The van der Waals surface area contributed by atoms with Crippen molar-refractivity contribution in [3.8, 4) is 16.8 Å². The van der Waals surface area contributed by atoms with Crippen LogP contribution in [0, 0.1) is 6.92 Å². The van der Waals surface area contributed by atoms with Crippen molar-refractivity contribution in [3.05, 3.63) is 101 Å². The number of fused-ring (bicyclic) bond motifs is 1.